The maximum absolute atomic E-state index is 12.9. The van der Waals surface area contributed by atoms with Crippen molar-refractivity contribution in [1.82, 2.24) is 20.3 Å². The number of anilines is 1. The molecule has 168 valence electrons. The van der Waals surface area contributed by atoms with E-state index < -0.39 is 0 Å². The molecule has 0 bridgehead atoms. The summed E-state index contributed by atoms with van der Waals surface area (Å²) in [6.07, 6.45) is 0.118. The molecule has 1 N–H and O–H groups in total. The van der Waals surface area contributed by atoms with E-state index in [1.54, 1.807) is 0 Å². The maximum Gasteiger partial charge on any atom is 0.289 e. The Morgan fingerprint density at radius 1 is 1.12 bits per heavy atom. The first-order valence-corrected chi connectivity index (χ1v) is 10.9. The third-order valence-electron chi connectivity index (χ3n) is 5.23. The molecule has 0 saturated carbocycles. The SMILES string of the molecule is Cc1cc(C)c2c(N3CCOCC3)nc(C(=O)NCc3ccc(OC(C)C)cc3)nc2n1. The van der Waals surface area contributed by atoms with Crippen LogP contribution in [0.2, 0.25) is 0 Å². The summed E-state index contributed by atoms with van der Waals surface area (Å²) in [5, 5.41) is 3.81. The Bertz CT molecular complexity index is 1110. The van der Waals surface area contributed by atoms with Crippen molar-refractivity contribution in [1.29, 1.82) is 0 Å². The van der Waals surface area contributed by atoms with E-state index in [1.165, 1.54) is 0 Å². The number of benzene rings is 1. The van der Waals surface area contributed by atoms with E-state index in [9.17, 15) is 4.79 Å². The monoisotopic (exact) mass is 435 g/mol. The molecule has 1 amide bonds. The average Bonchev–Trinajstić information content (AvgIpc) is 2.77. The summed E-state index contributed by atoms with van der Waals surface area (Å²) in [5.74, 6) is 1.34. The minimum absolute atomic E-state index is 0.118. The number of carbonyl (C=O) groups is 1. The number of hydrogen-bond donors (Lipinski definition) is 1. The molecule has 3 heterocycles. The molecule has 8 heteroatoms. The molecule has 32 heavy (non-hydrogen) atoms. The van der Waals surface area contributed by atoms with E-state index in [4.69, 9.17) is 9.47 Å². The number of ether oxygens (including phenoxy) is 2. The predicted molar refractivity (Wildman–Crippen MR) is 123 cm³/mol. The number of amides is 1. The van der Waals surface area contributed by atoms with Gasteiger partial charge in [0.1, 0.15) is 11.6 Å². The van der Waals surface area contributed by atoms with Gasteiger partial charge in [0.25, 0.3) is 5.91 Å². The molecule has 2 aromatic heterocycles. The standard InChI is InChI=1S/C24H29N5O3/c1-15(2)32-19-7-5-18(6-8-19)14-25-24(30)22-27-21-20(16(3)13-17(4)26-21)23(28-22)29-9-11-31-12-10-29/h5-8,13,15H,9-12,14H2,1-4H3,(H,25,30). The van der Waals surface area contributed by atoms with Crippen molar-refractivity contribution >= 4 is 22.8 Å². The maximum atomic E-state index is 12.9. The van der Waals surface area contributed by atoms with Crippen LogP contribution in [0.5, 0.6) is 5.75 Å². The van der Waals surface area contributed by atoms with Gasteiger partial charge in [0.05, 0.1) is 24.7 Å². The molecule has 1 aliphatic rings. The molecule has 1 fully saturated rings. The smallest absolute Gasteiger partial charge is 0.289 e. The molecule has 3 aromatic rings. The zero-order valence-electron chi connectivity index (χ0n) is 19.0. The highest BCUT2D eigenvalue weighted by Crippen LogP contribution is 2.27. The summed E-state index contributed by atoms with van der Waals surface area (Å²) in [6.45, 7) is 11.0. The van der Waals surface area contributed by atoms with E-state index in [0.29, 0.717) is 38.5 Å². The Morgan fingerprint density at radius 2 is 1.84 bits per heavy atom. The van der Waals surface area contributed by atoms with E-state index in [2.05, 4.69) is 25.2 Å². The molecule has 1 aromatic carbocycles. The van der Waals surface area contributed by atoms with Gasteiger partial charge in [-0.15, -0.1) is 0 Å². The van der Waals surface area contributed by atoms with E-state index >= 15 is 0 Å². The summed E-state index contributed by atoms with van der Waals surface area (Å²) in [5.41, 5.74) is 3.41. The number of pyridine rings is 1. The van der Waals surface area contributed by atoms with E-state index in [0.717, 1.165) is 33.8 Å². The minimum atomic E-state index is -0.329. The van der Waals surface area contributed by atoms with Crippen molar-refractivity contribution in [2.24, 2.45) is 0 Å². The fourth-order valence-electron chi connectivity index (χ4n) is 3.78. The van der Waals surface area contributed by atoms with Crippen LogP contribution in [0.3, 0.4) is 0 Å². The number of hydrogen-bond acceptors (Lipinski definition) is 7. The van der Waals surface area contributed by atoms with Crippen LogP contribution >= 0.6 is 0 Å². The lowest BCUT2D eigenvalue weighted by Crippen LogP contribution is -2.37. The zero-order chi connectivity index (χ0) is 22.7. The first-order valence-electron chi connectivity index (χ1n) is 10.9. The van der Waals surface area contributed by atoms with Crippen molar-refractivity contribution in [3.05, 3.63) is 53.0 Å². The van der Waals surface area contributed by atoms with Crippen molar-refractivity contribution in [3.63, 3.8) is 0 Å². The number of nitrogens with one attached hydrogen (secondary N) is 1. The summed E-state index contributed by atoms with van der Waals surface area (Å²) in [7, 11) is 0. The molecule has 0 aliphatic carbocycles. The van der Waals surface area contributed by atoms with Crippen molar-refractivity contribution in [2.45, 2.75) is 40.3 Å². The number of nitrogens with zero attached hydrogens (tertiary/aromatic N) is 4. The third kappa shape index (κ3) is 4.96. The zero-order valence-corrected chi connectivity index (χ0v) is 19.0. The predicted octanol–water partition coefficient (Wildman–Crippen LogP) is 3.20. The number of aryl methyl sites for hydroxylation is 2. The molecule has 4 rings (SSSR count). The van der Waals surface area contributed by atoms with Gasteiger partial charge in [-0.05, 0) is 57.0 Å². The van der Waals surface area contributed by atoms with Crippen LogP contribution in [0, 0.1) is 13.8 Å². The van der Waals surface area contributed by atoms with Gasteiger partial charge in [-0.2, -0.15) is 0 Å². The first kappa shape index (κ1) is 22.0. The van der Waals surface area contributed by atoms with Gasteiger partial charge in [-0.1, -0.05) is 12.1 Å². The lowest BCUT2D eigenvalue weighted by Gasteiger charge is -2.29. The topological polar surface area (TPSA) is 89.5 Å². The van der Waals surface area contributed by atoms with Crippen LogP contribution in [0.25, 0.3) is 11.0 Å². The van der Waals surface area contributed by atoms with Gasteiger partial charge in [-0.3, -0.25) is 4.79 Å². The van der Waals surface area contributed by atoms with Gasteiger partial charge in [0, 0.05) is 25.3 Å². The number of morpholine rings is 1. The fourth-order valence-corrected chi connectivity index (χ4v) is 3.78. The number of fused-ring (bicyclic) bond motifs is 1. The van der Waals surface area contributed by atoms with Crippen molar-refractivity contribution in [3.8, 4) is 5.75 Å². The Labute approximate surface area is 188 Å². The molecule has 8 nitrogen and oxygen atoms in total. The highest BCUT2D eigenvalue weighted by Gasteiger charge is 2.22. The third-order valence-corrected chi connectivity index (χ3v) is 5.23. The molecule has 0 spiro atoms. The Morgan fingerprint density at radius 3 is 2.53 bits per heavy atom. The van der Waals surface area contributed by atoms with Crippen LogP contribution in [0.1, 0.15) is 41.3 Å². The van der Waals surface area contributed by atoms with Crippen LogP contribution in [-0.4, -0.2) is 53.3 Å². The average molecular weight is 436 g/mol. The molecule has 1 saturated heterocycles. The second-order valence-corrected chi connectivity index (χ2v) is 8.24. The lowest BCUT2D eigenvalue weighted by atomic mass is 10.1. The van der Waals surface area contributed by atoms with Gasteiger partial charge >= 0.3 is 0 Å². The summed E-state index contributed by atoms with van der Waals surface area (Å²) in [4.78, 5) is 28.8. The second-order valence-electron chi connectivity index (χ2n) is 8.24. The van der Waals surface area contributed by atoms with E-state index in [-0.39, 0.29) is 17.8 Å². The van der Waals surface area contributed by atoms with Crippen molar-refractivity contribution < 1.29 is 14.3 Å². The van der Waals surface area contributed by atoms with Gasteiger partial charge in [0.15, 0.2) is 5.65 Å². The quantitative estimate of drug-likeness (QED) is 0.636. The molecule has 1 aliphatic heterocycles. The Balaban J connectivity index is 1.58. The normalized spacial score (nSPS) is 14.1. The highest BCUT2D eigenvalue weighted by atomic mass is 16.5. The van der Waals surface area contributed by atoms with Gasteiger partial charge in [0.2, 0.25) is 5.82 Å². The molecular formula is C24H29N5O3. The number of rotatable bonds is 6. The number of carbonyl (C=O) groups excluding carboxylic acids is 1. The Kier molecular flexibility index (Phi) is 6.50. The molecule has 0 radical (unpaired) electrons. The van der Waals surface area contributed by atoms with Crippen LogP contribution < -0.4 is 15.0 Å². The van der Waals surface area contributed by atoms with Crippen LogP contribution in [-0.2, 0) is 11.3 Å². The number of aromatic nitrogens is 3. The lowest BCUT2D eigenvalue weighted by molar-refractivity contribution is 0.0940. The summed E-state index contributed by atoms with van der Waals surface area (Å²) >= 11 is 0. The van der Waals surface area contributed by atoms with Crippen LogP contribution in [0.4, 0.5) is 5.82 Å². The molecular weight excluding hydrogens is 406 g/mol. The van der Waals surface area contributed by atoms with Crippen LogP contribution in [0.15, 0.2) is 30.3 Å². The van der Waals surface area contributed by atoms with Gasteiger partial charge in [-0.25, -0.2) is 15.0 Å². The van der Waals surface area contributed by atoms with E-state index in [1.807, 2.05) is 58.0 Å². The Hall–Kier alpha value is -3.26. The fraction of sp³-hybridized carbons (Fsp3) is 0.417. The van der Waals surface area contributed by atoms with Crippen molar-refractivity contribution in [2.75, 3.05) is 31.2 Å². The first-order chi connectivity index (χ1) is 15.4. The molecule has 0 unspecified atom stereocenters. The second kappa shape index (κ2) is 9.48. The minimum Gasteiger partial charge on any atom is -0.491 e. The van der Waals surface area contributed by atoms with Gasteiger partial charge < -0.3 is 19.7 Å². The summed E-state index contributed by atoms with van der Waals surface area (Å²) in [6, 6.07) is 9.70. The summed E-state index contributed by atoms with van der Waals surface area (Å²) < 4.78 is 11.2. The highest BCUT2D eigenvalue weighted by molar-refractivity contribution is 5.96. The largest absolute Gasteiger partial charge is 0.491 e. The molecule has 0 atom stereocenters.